The van der Waals surface area contributed by atoms with E-state index in [0.29, 0.717) is 0 Å². The van der Waals surface area contributed by atoms with Crippen LogP contribution in [0.15, 0.2) is 109 Å². The number of benzene rings is 4. The number of primary amides is 2. The Morgan fingerprint density at radius 3 is 1.24 bits per heavy atom. The third-order valence-electron chi connectivity index (χ3n) is 6.02. The van der Waals surface area contributed by atoms with Crippen molar-refractivity contribution in [2.75, 3.05) is 0 Å². The smallest absolute Gasteiger partial charge is 0.233 e. The molecule has 0 radical (unpaired) electrons. The van der Waals surface area contributed by atoms with E-state index in [4.69, 9.17) is 11.5 Å². The van der Waals surface area contributed by atoms with Gasteiger partial charge < -0.3 is 11.5 Å². The Morgan fingerprint density at radius 2 is 0.879 bits per heavy atom. The maximum absolute atomic E-state index is 12.7. The molecule has 4 rings (SSSR count). The summed E-state index contributed by atoms with van der Waals surface area (Å²) in [5.74, 6) is -1.43. The van der Waals surface area contributed by atoms with E-state index in [1.165, 1.54) is 0 Å². The number of carbonyl (C=O) groups excluding carboxylic acids is 2. The van der Waals surface area contributed by atoms with Crippen LogP contribution >= 0.6 is 0 Å². The van der Waals surface area contributed by atoms with Gasteiger partial charge in [-0.25, -0.2) is 0 Å². The molecule has 4 N–H and O–H groups in total. The summed E-state index contributed by atoms with van der Waals surface area (Å²) in [6.07, 6.45) is 0.266. The minimum absolute atomic E-state index is 0.133. The molecule has 0 bridgehead atoms. The minimum atomic E-state index is -1.54. The quantitative estimate of drug-likeness (QED) is 0.392. The molecule has 0 fully saturated rings. The molecule has 0 aliphatic rings. The van der Waals surface area contributed by atoms with Crippen molar-refractivity contribution in [1.82, 2.24) is 0 Å². The Hall–Kier alpha value is -4.18. The van der Waals surface area contributed by atoms with Crippen LogP contribution in [-0.2, 0) is 22.4 Å². The van der Waals surface area contributed by atoms with Crippen molar-refractivity contribution < 1.29 is 9.59 Å². The first kappa shape index (κ1) is 22.0. The van der Waals surface area contributed by atoms with E-state index in [-0.39, 0.29) is 12.8 Å². The molecule has 0 atom stereocenters. The number of hydrogen-bond acceptors (Lipinski definition) is 2. The molecule has 0 spiro atoms. The second-order valence-corrected chi connectivity index (χ2v) is 8.30. The molecule has 0 saturated carbocycles. The molecule has 0 aliphatic carbocycles. The summed E-state index contributed by atoms with van der Waals surface area (Å²) in [6.45, 7) is 0. The Balaban J connectivity index is 1.69. The number of carbonyl (C=O) groups is 2. The predicted octanol–water partition coefficient (Wildman–Crippen LogP) is 4.76. The SMILES string of the molecule is NC(=O)C(Cc1cccc(-c2ccccc2)c1)(Cc1cccc(-c2ccccc2)c1)C(N)=O. The standard InChI is InChI=1S/C29H26N2O2/c30-27(32)29(28(31)33,19-21-9-7-15-25(17-21)23-11-3-1-4-12-23)20-22-10-8-16-26(18-22)24-13-5-2-6-14-24/h1-18H,19-20H2,(H2,30,32)(H2,31,33). The predicted molar refractivity (Wildman–Crippen MR) is 132 cm³/mol. The van der Waals surface area contributed by atoms with E-state index in [1.807, 2.05) is 109 Å². The molecular formula is C29H26N2O2. The lowest BCUT2D eigenvalue weighted by molar-refractivity contribution is -0.139. The molecule has 0 unspecified atom stereocenters. The summed E-state index contributed by atoms with van der Waals surface area (Å²) in [7, 11) is 0. The third kappa shape index (κ3) is 4.85. The van der Waals surface area contributed by atoms with Gasteiger partial charge in [-0.05, 0) is 46.2 Å². The first-order chi connectivity index (χ1) is 16.0. The number of hydrogen-bond donors (Lipinski definition) is 2. The molecule has 0 aromatic heterocycles. The minimum Gasteiger partial charge on any atom is -0.369 e. The largest absolute Gasteiger partial charge is 0.369 e. The fourth-order valence-corrected chi connectivity index (χ4v) is 4.21. The molecule has 33 heavy (non-hydrogen) atoms. The van der Waals surface area contributed by atoms with E-state index < -0.39 is 17.2 Å². The first-order valence-corrected chi connectivity index (χ1v) is 10.9. The Morgan fingerprint density at radius 1 is 0.515 bits per heavy atom. The lowest BCUT2D eigenvalue weighted by Gasteiger charge is -2.28. The average molecular weight is 435 g/mol. The molecule has 4 nitrogen and oxygen atoms in total. The van der Waals surface area contributed by atoms with E-state index >= 15 is 0 Å². The van der Waals surface area contributed by atoms with Crippen LogP contribution in [0, 0.1) is 5.41 Å². The van der Waals surface area contributed by atoms with Crippen molar-refractivity contribution in [1.29, 1.82) is 0 Å². The summed E-state index contributed by atoms with van der Waals surface area (Å²) in [5, 5.41) is 0. The highest BCUT2D eigenvalue weighted by atomic mass is 16.2. The zero-order chi connectivity index (χ0) is 23.3. The fourth-order valence-electron chi connectivity index (χ4n) is 4.21. The monoisotopic (exact) mass is 434 g/mol. The van der Waals surface area contributed by atoms with Crippen LogP contribution in [0.25, 0.3) is 22.3 Å². The molecule has 0 aliphatic heterocycles. The Kier molecular flexibility index (Phi) is 6.36. The maximum Gasteiger partial charge on any atom is 0.233 e. The van der Waals surface area contributed by atoms with Crippen LogP contribution in [0.5, 0.6) is 0 Å². The molecule has 164 valence electrons. The van der Waals surface area contributed by atoms with Crippen molar-refractivity contribution in [3.8, 4) is 22.3 Å². The third-order valence-corrected chi connectivity index (χ3v) is 6.02. The first-order valence-electron chi connectivity index (χ1n) is 10.9. The van der Waals surface area contributed by atoms with Gasteiger partial charge in [0.15, 0.2) is 0 Å². The lowest BCUT2D eigenvalue weighted by atomic mass is 9.74. The summed E-state index contributed by atoms with van der Waals surface area (Å²) >= 11 is 0. The van der Waals surface area contributed by atoms with Crippen LogP contribution in [0.2, 0.25) is 0 Å². The topological polar surface area (TPSA) is 86.2 Å². The van der Waals surface area contributed by atoms with Crippen molar-refractivity contribution in [3.05, 3.63) is 120 Å². The number of nitrogens with two attached hydrogens (primary N) is 2. The van der Waals surface area contributed by atoms with Crippen molar-refractivity contribution in [2.45, 2.75) is 12.8 Å². The summed E-state index contributed by atoms with van der Waals surface area (Å²) in [5.41, 5.74) is 15.9. The van der Waals surface area contributed by atoms with Crippen LogP contribution < -0.4 is 11.5 Å². The van der Waals surface area contributed by atoms with Crippen molar-refractivity contribution in [3.63, 3.8) is 0 Å². The van der Waals surface area contributed by atoms with E-state index in [2.05, 4.69) is 0 Å². The molecule has 0 saturated heterocycles. The highest BCUT2D eigenvalue weighted by Gasteiger charge is 2.43. The lowest BCUT2D eigenvalue weighted by Crippen LogP contribution is -2.50. The summed E-state index contributed by atoms with van der Waals surface area (Å²) in [6, 6.07) is 35.5. The molecule has 2 amide bonds. The zero-order valence-electron chi connectivity index (χ0n) is 18.3. The molecule has 4 heteroatoms. The van der Waals surface area contributed by atoms with Gasteiger partial charge in [0.1, 0.15) is 5.41 Å². The van der Waals surface area contributed by atoms with Gasteiger partial charge in [0.05, 0.1) is 0 Å². The molecule has 4 aromatic carbocycles. The van der Waals surface area contributed by atoms with Crippen LogP contribution in [-0.4, -0.2) is 11.8 Å². The average Bonchev–Trinajstić information content (AvgIpc) is 2.85. The van der Waals surface area contributed by atoms with Gasteiger partial charge >= 0.3 is 0 Å². The van der Waals surface area contributed by atoms with Crippen LogP contribution in [0.3, 0.4) is 0 Å². The van der Waals surface area contributed by atoms with Gasteiger partial charge in [-0.1, -0.05) is 109 Å². The van der Waals surface area contributed by atoms with E-state index in [1.54, 1.807) is 0 Å². The van der Waals surface area contributed by atoms with E-state index in [0.717, 1.165) is 33.4 Å². The molecule has 0 heterocycles. The van der Waals surface area contributed by atoms with E-state index in [9.17, 15) is 9.59 Å². The molecule has 4 aromatic rings. The Bertz CT molecular complexity index is 1170. The number of rotatable bonds is 8. The highest BCUT2D eigenvalue weighted by Crippen LogP contribution is 2.31. The zero-order valence-corrected chi connectivity index (χ0v) is 18.3. The van der Waals surface area contributed by atoms with Crippen LogP contribution in [0.1, 0.15) is 11.1 Å². The normalized spacial score (nSPS) is 11.2. The maximum atomic E-state index is 12.7. The van der Waals surface area contributed by atoms with Gasteiger partial charge in [-0.2, -0.15) is 0 Å². The highest BCUT2D eigenvalue weighted by molar-refractivity contribution is 6.04. The van der Waals surface area contributed by atoms with Gasteiger partial charge in [0.2, 0.25) is 11.8 Å². The number of amides is 2. The van der Waals surface area contributed by atoms with Gasteiger partial charge in [0.25, 0.3) is 0 Å². The fraction of sp³-hybridized carbons (Fsp3) is 0.103. The second kappa shape index (κ2) is 9.53. The van der Waals surface area contributed by atoms with Crippen molar-refractivity contribution >= 4 is 11.8 Å². The van der Waals surface area contributed by atoms with Gasteiger partial charge in [-0.15, -0.1) is 0 Å². The molecular weight excluding hydrogens is 408 g/mol. The second-order valence-electron chi connectivity index (χ2n) is 8.30. The van der Waals surface area contributed by atoms with Gasteiger partial charge in [-0.3, -0.25) is 9.59 Å². The summed E-state index contributed by atoms with van der Waals surface area (Å²) < 4.78 is 0. The summed E-state index contributed by atoms with van der Waals surface area (Å²) in [4.78, 5) is 25.4. The van der Waals surface area contributed by atoms with Gasteiger partial charge in [0, 0.05) is 0 Å². The Labute approximate surface area is 193 Å². The van der Waals surface area contributed by atoms with Crippen LogP contribution in [0.4, 0.5) is 0 Å². The van der Waals surface area contributed by atoms with Crippen molar-refractivity contribution in [2.24, 2.45) is 16.9 Å².